The Hall–Kier alpha value is -0.770. The number of hydrogen-bond donors (Lipinski definition) is 3. The average molecular weight is 159 g/mol. The van der Waals surface area contributed by atoms with Crippen molar-refractivity contribution >= 4 is 6.03 Å². The van der Waals surface area contributed by atoms with E-state index in [0.717, 1.165) is 6.42 Å². The van der Waals surface area contributed by atoms with Gasteiger partial charge < -0.3 is 16.8 Å². The van der Waals surface area contributed by atoms with Gasteiger partial charge in [-0.25, -0.2) is 4.79 Å². The van der Waals surface area contributed by atoms with Crippen LogP contribution in [0.15, 0.2) is 0 Å². The molecule has 4 nitrogen and oxygen atoms in total. The lowest BCUT2D eigenvalue weighted by molar-refractivity contribution is 0.243. The van der Waals surface area contributed by atoms with Gasteiger partial charge >= 0.3 is 6.03 Å². The van der Waals surface area contributed by atoms with Gasteiger partial charge in [-0.1, -0.05) is 13.8 Å². The van der Waals surface area contributed by atoms with Crippen LogP contribution >= 0.6 is 0 Å². The molecule has 0 heterocycles. The number of rotatable bonds is 4. The zero-order valence-corrected chi connectivity index (χ0v) is 7.13. The first-order valence-electron chi connectivity index (χ1n) is 3.82. The van der Waals surface area contributed by atoms with Crippen molar-refractivity contribution < 1.29 is 4.79 Å². The molecule has 4 heteroatoms. The summed E-state index contributed by atoms with van der Waals surface area (Å²) < 4.78 is 0. The largest absolute Gasteiger partial charge is 0.352 e. The summed E-state index contributed by atoms with van der Waals surface area (Å²) in [6, 6.07) is -0.478. The molecule has 1 atom stereocenters. The molecule has 0 aliphatic carbocycles. The van der Waals surface area contributed by atoms with Gasteiger partial charge in [0.05, 0.1) is 0 Å². The Balaban J connectivity index is 3.66. The van der Waals surface area contributed by atoms with Crippen molar-refractivity contribution in [2.45, 2.75) is 26.3 Å². The van der Waals surface area contributed by atoms with Gasteiger partial charge in [0, 0.05) is 12.6 Å². The first-order valence-corrected chi connectivity index (χ1v) is 3.82. The number of amides is 2. The van der Waals surface area contributed by atoms with E-state index in [9.17, 15) is 4.79 Å². The fourth-order valence-electron chi connectivity index (χ4n) is 0.984. The molecule has 0 radical (unpaired) electrons. The van der Waals surface area contributed by atoms with Crippen LogP contribution in [0.25, 0.3) is 0 Å². The van der Waals surface area contributed by atoms with Gasteiger partial charge in [0.25, 0.3) is 0 Å². The SMILES string of the molecule is CC(C)CC(CN)NC(N)=O. The molecule has 1 unspecified atom stereocenters. The summed E-state index contributed by atoms with van der Waals surface area (Å²) in [5.41, 5.74) is 10.3. The van der Waals surface area contributed by atoms with Gasteiger partial charge in [-0.05, 0) is 12.3 Å². The summed E-state index contributed by atoms with van der Waals surface area (Å²) >= 11 is 0. The highest BCUT2D eigenvalue weighted by atomic mass is 16.2. The maximum atomic E-state index is 10.4. The number of carbonyl (C=O) groups excluding carboxylic acids is 1. The molecule has 0 aliphatic rings. The topological polar surface area (TPSA) is 81.1 Å². The first kappa shape index (κ1) is 10.2. The fourth-order valence-corrected chi connectivity index (χ4v) is 0.984. The van der Waals surface area contributed by atoms with Crippen molar-refractivity contribution in [1.29, 1.82) is 0 Å². The Morgan fingerprint density at radius 3 is 2.36 bits per heavy atom. The van der Waals surface area contributed by atoms with Crippen molar-refractivity contribution in [3.63, 3.8) is 0 Å². The van der Waals surface area contributed by atoms with Crippen molar-refractivity contribution in [3.05, 3.63) is 0 Å². The van der Waals surface area contributed by atoms with Gasteiger partial charge in [0.15, 0.2) is 0 Å². The third-order valence-electron chi connectivity index (χ3n) is 1.39. The van der Waals surface area contributed by atoms with E-state index in [4.69, 9.17) is 11.5 Å². The Labute approximate surface area is 67.3 Å². The summed E-state index contributed by atoms with van der Waals surface area (Å²) in [6.07, 6.45) is 0.874. The minimum absolute atomic E-state index is 0.0208. The van der Waals surface area contributed by atoms with Crippen LogP contribution in [0.3, 0.4) is 0 Å². The van der Waals surface area contributed by atoms with Crippen molar-refractivity contribution in [1.82, 2.24) is 5.32 Å². The van der Waals surface area contributed by atoms with Crippen molar-refractivity contribution in [2.24, 2.45) is 17.4 Å². The molecule has 0 aromatic heterocycles. The van der Waals surface area contributed by atoms with Gasteiger partial charge in [0.2, 0.25) is 0 Å². The minimum atomic E-state index is -0.499. The minimum Gasteiger partial charge on any atom is -0.352 e. The third kappa shape index (κ3) is 5.66. The summed E-state index contributed by atoms with van der Waals surface area (Å²) in [5.74, 6) is 0.524. The van der Waals surface area contributed by atoms with Gasteiger partial charge in [-0.2, -0.15) is 0 Å². The van der Waals surface area contributed by atoms with Gasteiger partial charge in [-0.15, -0.1) is 0 Å². The molecular formula is C7H17N3O. The molecule has 0 aliphatic heterocycles. The van der Waals surface area contributed by atoms with E-state index >= 15 is 0 Å². The van der Waals surface area contributed by atoms with Crippen molar-refractivity contribution in [2.75, 3.05) is 6.54 Å². The van der Waals surface area contributed by atoms with Crippen LogP contribution < -0.4 is 16.8 Å². The Kier molecular flexibility index (Phi) is 4.61. The molecule has 0 aromatic rings. The second-order valence-electron chi connectivity index (χ2n) is 3.07. The number of hydrogen-bond acceptors (Lipinski definition) is 2. The highest BCUT2D eigenvalue weighted by Gasteiger charge is 2.09. The summed E-state index contributed by atoms with van der Waals surface area (Å²) in [7, 11) is 0. The van der Waals surface area contributed by atoms with Crippen LogP contribution in [0.4, 0.5) is 4.79 Å². The number of urea groups is 1. The molecular weight excluding hydrogens is 142 g/mol. The number of carbonyl (C=O) groups is 1. The van der Waals surface area contributed by atoms with E-state index in [1.807, 2.05) is 0 Å². The molecule has 0 saturated carbocycles. The molecule has 0 spiro atoms. The van der Waals surface area contributed by atoms with Crippen LogP contribution in [-0.2, 0) is 0 Å². The van der Waals surface area contributed by atoms with Gasteiger partial charge in [-0.3, -0.25) is 0 Å². The van der Waals surface area contributed by atoms with Crippen LogP contribution in [0, 0.1) is 5.92 Å². The zero-order valence-electron chi connectivity index (χ0n) is 7.13. The highest BCUT2D eigenvalue weighted by Crippen LogP contribution is 2.02. The monoisotopic (exact) mass is 159 g/mol. The van der Waals surface area contributed by atoms with E-state index in [-0.39, 0.29) is 6.04 Å². The Bertz CT molecular complexity index is 125. The predicted octanol–water partition coefficient (Wildman–Crippen LogP) is 0.0281. The molecule has 0 saturated heterocycles. The molecule has 0 aromatic carbocycles. The molecule has 0 fully saturated rings. The normalized spacial score (nSPS) is 13.1. The Morgan fingerprint density at radius 2 is 2.09 bits per heavy atom. The van der Waals surface area contributed by atoms with E-state index in [0.29, 0.717) is 12.5 Å². The first-order chi connectivity index (χ1) is 5.06. The van der Waals surface area contributed by atoms with Gasteiger partial charge in [0.1, 0.15) is 0 Å². The number of nitrogens with one attached hydrogen (secondary N) is 1. The van der Waals surface area contributed by atoms with Crippen LogP contribution in [0.5, 0.6) is 0 Å². The third-order valence-corrected chi connectivity index (χ3v) is 1.39. The molecule has 0 bridgehead atoms. The van der Waals surface area contributed by atoms with Crippen molar-refractivity contribution in [3.8, 4) is 0 Å². The lowest BCUT2D eigenvalue weighted by Crippen LogP contribution is -2.43. The quantitative estimate of drug-likeness (QED) is 0.541. The molecule has 0 rings (SSSR count). The molecule has 66 valence electrons. The maximum Gasteiger partial charge on any atom is 0.312 e. The zero-order chi connectivity index (χ0) is 8.85. The molecule has 11 heavy (non-hydrogen) atoms. The molecule has 2 amide bonds. The average Bonchev–Trinajstić information content (AvgIpc) is 1.84. The van der Waals surface area contributed by atoms with E-state index in [1.54, 1.807) is 0 Å². The lowest BCUT2D eigenvalue weighted by Gasteiger charge is -2.16. The van der Waals surface area contributed by atoms with E-state index in [1.165, 1.54) is 0 Å². The number of primary amides is 1. The maximum absolute atomic E-state index is 10.4. The van der Waals surface area contributed by atoms with E-state index < -0.39 is 6.03 Å². The smallest absolute Gasteiger partial charge is 0.312 e. The van der Waals surface area contributed by atoms with E-state index in [2.05, 4.69) is 19.2 Å². The summed E-state index contributed by atoms with van der Waals surface area (Å²) in [6.45, 7) is 4.60. The second-order valence-corrected chi connectivity index (χ2v) is 3.07. The second kappa shape index (κ2) is 4.96. The highest BCUT2D eigenvalue weighted by molar-refractivity contribution is 5.71. The standard InChI is InChI=1S/C7H17N3O/c1-5(2)3-6(4-8)10-7(9)11/h5-6H,3-4,8H2,1-2H3,(H3,9,10,11). The summed E-state index contributed by atoms with van der Waals surface area (Å²) in [5, 5.41) is 2.57. The van der Waals surface area contributed by atoms with Crippen LogP contribution in [-0.4, -0.2) is 18.6 Å². The number of nitrogens with two attached hydrogens (primary N) is 2. The summed E-state index contributed by atoms with van der Waals surface area (Å²) in [4.78, 5) is 10.4. The Morgan fingerprint density at radius 1 is 1.55 bits per heavy atom. The lowest BCUT2D eigenvalue weighted by atomic mass is 10.0. The van der Waals surface area contributed by atoms with Crippen LogP contribution in [0.2, 0.25) is 0 Å². The predicted molar refractivity (Wildman–Crippen MR) is 45.0 cm³/mol. The molecule has 5 N–H and O–H groups in total. The fraction of sp³-hybridized carbons (Fsp3) is 0.857. The van der Waals surface area contributed by atoms with Crippen LogP contribution in [0.1, 0.15) is 20.3 Å².